The molecule has 0 spiro atoms. The fourth-order valence-corrected chi connectivity index (χ4v) is 3.50. The van der Waals surface area contributed by atoms with Gasteiger partial charge in [0.1, 0.15) is 12.4 Å². The average Bonchev–Trinajstić information content (AvgIpc) is 2.77. The van der Waals surface area contributed by atoms with Gasteiger partial charge in [-0.3, -0.25) is 0 Å². The molecule has 1 aliphatic rings. The maximum absolute atomic E-state index is 12.8. The first kappa shape index (κ1) is 22.4. The van der Waals surface area contributed by atoms with E-state index in [9.17, 15) is 9.59 Å². The van der Waals surface area contributed by atoms with E-state index in [1.54, 1.807) is 6.92 Å². The Morgan fingerprint density at radius 2 is 1.87 bits per heavy atom. The number of unbranched alkanes of at least 4 members (excludes halogenated alkanes) is 1. The van der Waals surface area contributed by atoms with Gasteiger partial charge < -0.3 is 20.1 Å². The SMILES string of the molecule is CCCCC1=C(C(=O)OCC)C(c2cccc(OCc3ccc(C)cc3)c2)NC(=O)N1. The third kappa shape index (κ3) is 5.87. The lowest BCUT2D eigenvalue weighted by Crippen LogP contribution is -2.46. The van der Waals surface area contributed by atoms with Crippen LogP contribution in [0.1, 0.15) is 55.8 Å². The fourth-order valence-electron chi connectivity index (χ4n) is 3.50. The van der Waals surface area contributed by atoms with Crippen LogP contribution in [0.3, 0.4) is 0 Å². The van der Waals surface area contributed by atoms with Gasteiger partial charge in [-0.2, -0.15) is 0 Å². The third-order valence-electron chi connectivity index (χ3n) is 5.15. The molecule has 0 bridgehead atoms. The maximum atomic E-state index is 12.8. The number of hydrogen-bond acceptors (Lipinski definition) is 4. The van der Waals surface area contributed by atoms with E-state index in [1.165, 1.54) is 5.56 Å². The number of urea groups is 1. The van der Waals surface area contributed by atoms with Crippen molar-refractivity contribution in [1.82, 2.24) is 10.6 Å². The van der Waals surface area contributed by atoms with Gasteiger partial charge in [0.15, 0.2) is 0 Å². The van der Waals surface area contributed by atoms with E-state index >= 15 is 0 Å². The number of allylic oxidation sites excluding steroid dienone is 1. The van der Waals surface area contributed by atoms with Crippen molar-refractivity contribution in [2.75, 3.05) is 6.61 Å². The summed E-state index contributed by atoms with van der Waals surface area (Å²) in [5.74, 6) is 0.251. The van der Waals surface area contributed by atoms with E-state index in [0.29, 0.717) is 30.0 Å². The van der Waals surface area contributed by atoms with Crippen molar-refractivity contribution >= 4 is 12.0 Å². The van der Waals surface area contributed by atoms with Gasteiger partial charge in [-0.25, -0.2) is 9.59 Å². The molecule has 2 aromatic rings. The number of esters is 1. The summed E-state index contributed by atoms with van der Waals surface area (Å²) in [7, 11) is 0. The topological polar surface area (TPSA) is 76.7 Å². The summed E-state index contributed by atoms with van der Waals surface area (Å²) in [5.41, 5.74) is 4.11. The number of ether oxygens (including phenoxy) is 2. The summed E-state index contributed by atoms with van der Waals surface area (Å²) in [6, 6.07) is 14.7. The Kier molecular flexibility index (Phi) is 7.70. The van der Waals surface area contributed by atoms with Crippen molar-refractivity contribution < 1.29 is 19.1 Å². The van der Waals surface area contributed by atoms with Crippen LogP contribution in [0.5, 0.6) is 5.75 Å². The molecule has 1 aliphatic heterocycles. The summed E-state index contributed by atoms with van der Waals surface area (Å²) in [5, 5.41) is 5.68. The smallest absolute Gasteiger partial charge is 0.338 e. The molecule has 0 saturated heterocycles. The predicted molar refractivity (Wildman–Crippen MR) is 120 cm³/mol. The van der Waals surface area contributed by atoms with Crippen molar-refractivity contribution in [1.29, 1.82) is 0 Å². The Labute approximate surface area is 183 Å². The molecule has 6 nitrogen and oxygen atoms in total. The molecule has 0 saturated carbocycles. The molecule has 0 radical (unpaired) electrons. The van der Waals surface area contributed by atoms with Gasteiger partial charge in [0, 0.05) is 5.70 Å². The van der Waals surface area contributed by atoms with E-state index in [-0.39, 0.29) is 12.6 Å². The molecule has 2 amide bonds. The molecule has 1 atom stereocenters. The molecule has 1 unspecified atom stereocenters. The van der Waals surface area contributed by atoms with Crippen molar-refractivity contribution in [2.24, 2.45) is 0 Å². The van der Waals surface area contributed by atoms with E-state index in [4.69, 9.17) is 9.47 Å². The van der Waals surface area contributed by atoms with Crippen LogP contribution >= 0.6 is 0 Å². The minimum Gasteiger partial charge on any atom is -0.489 e. The molecule has 2 aromatic carbocycles. The van der Waals surface area contributed by atoms with Crippen LogP contribution in [0.2, 0.25) is 0 Å². The van der Waals surface area contributed by atoms with Gasteiger partial charge in [-0.1, -0.05) is 55.3 Å². The molecule has 164 valence electrons. The molecule has 1 heterocycles. The molecular formula is C25H30N2O4. The number of rotatable bonds is 9. The Hall–Kier alpha value is -3.28. The zero-order valence-electron chi connectivity index (χ0n) is 18.4. The van der Waals surface area contributed by atoms with Crippen molar-refractivity contribution in [2.45, 2.75) is 52.7 Å². The van der Waals surface area contributed by atoms with Gasteiger partial charge in [0.05, 0.1) is 18.2 Å². The summed E-state index contributed by atoms with van der Waals surface area (Å²) < 4.78 is 11.3. The molecule has 0 aromatic heterocycles. The Bertz CT molecular complexity index is 950. The molecule has 0 fully saturated rings. The summed E-state index contributed by atoms with van der Waals surface area (Å²) in [4.78, 5) is 25.1. The highest BCUT2D eigenvalue weighted by molar-refractivity contribution is 5.95. The first-order valence-electron chi connectivity index (χ1n) is 10.8. The normalized spacial score (nSPS) is 15.8. The second-order valence-corrected chi connectivity index (χ2v) is 7.59. The number of carbonyl (C=O) groups is 2. The van der Waals surface area contributed by atoms with Gasteiger partial charge in [0.2, 0.25) is 0 Å². The maximum Gasteiger partial charge on any atom is 0.338 e. The first-order valence-corrected chi connectivity index (χ1v) is 10.8. The van der Waals surface area contributed by atoms with Crippen LogP contribution in [0.15, 0.2) is 59.8 Å². The van der Waals surface area contributed by atoms with Crippen LogP contribution in [0, 0.1) is 6.92 Å². The predicted octanol–water partition coefficient (Wildman–Crippen LogP) is 4.94. The lowest BCUT2D eigenvalue weighted by atomic mass is 9.93. The monoisotopic (exact) mass is 422 g/mol. The van der Waals surface area contributed by atoms with Crippen LogP contribution in [-0.2, 0) is 16.1 Å². The highest BCUT2D eigenvalue weighted by Gasteiger charge is 2.33. The molecular weight excluding hydrogens is 392 g/mol. The van der Waals surface area contributed by atoms with Gasteiger partial charge in [-0.05, 0) is 49.9 Å². The second kappa shape index (κ2) is 10.7. The van der Waals surface area contributed by atoms with Crippen LogP contribution in [0.4, 0.5) is 4.79 Å². The molecule has 0 aliphatic carbocycles. The third-order valence-corrected chi connectivity index (χ3v) is 5.15. The van der Waals surface area contributed by atoms with Crippen molar-refractivity contribution in [3.63, 3.8) is 0 Å². The number of nitrogens with one attached hydrogen (secondary N) is 2. The highest BCUT2D eigenvalue weighted by Crippen LogP contribution is 2.31. The number of aryl methyl sites for hydroxylation is 1. The van der Waals surface area contributed by atoms with Crippen molar-refractivity contribution in [3.05, 3.63) is 76.5 Å². The number of amides is 2. The number of carbonyl (C=O) groups excluding carboxylic acids is 2. The van der Waals surface area contributed by atoms with Crippen LogP contribution in [-0.4, -0.2) is 18.6 Å². The van der Waals surface area contributed by atoms with Crippen molar-refractivity contribution in [3.8, 4) is 5.75 Å². The second-order valence-electron chi connectivity index (χ2n) is 7.59. The minimum atomic E-state index is -0.595. The Morgan fingerprint density at radius 3 is 2.58 bits per heavy atom. The Morgan fingerprint density at radius 1 is 1.10 bits per heavy atom. The van der Waals surface area contributed by atoms with E-state index in [0.717, 1.165) is 24.0 Å². The zero-order chi connectivity index (χ0) is 22.2. The van der Waals surface area contributed by atoms with Crippen LogP contribution < -0.4 is 15.4 Å². The molecule has 3 rings (SSSR count). The zero-order valence-corrected chi connectivity index (χ0v) is 18.4. The molecule has 6 heteroatoms. The lowest BCUT2D eigenvalue weighted by molar-refractivity contribution is -0.139. The van der Waals surface area contributed by atoms with Gasteiger partial charge in [-0.15, -0.1) is 0 Å². The number of hydrogen-bond donors (Lipinski definition) is 2. The summed E-state index contributed by atoms with van der Waals surface area (Å²) in [6.07, 6.45) is 2.43. The lowest BCUT2D eigenvalue weighted by Gasteiger charge is -2.29. The largest absolute Gasteiger partial charge is 0.489 e. The van der Waals surface area contributed by atoms with E-state index in [1.807, 2.05) is 55.5 Å². The number of benzene rings is 2. The van der Waals surface area contributed by atoms with E-state index in [2.05, 4.69) is 17.6 Å². The quantitative estimate of drug-likeness (QED) is 0.562. The first-order chi connectivity index (χ1) is 15.0. The van der Waals surface area contributed by atoms with E-state index < -0.39 is 12.0 Å². The molecule has 31 heavy (non-hydrogen) atoms. The average molecular weight is 423 g/mol. The Balaban J connectivity index is 1.87. The minimum absolute atomic E-state index is 0.268. The highest BCUT2D eigenvalue weighted by atomic mass is 16.5. The summed E-state index contributed by atoms with van der Waals surface area (Å²) >= 11 is 0. The van der Waals surface area contributed by atoms with Gasteiger partial charge in [0.25, 0.3) is 0 Å². The fraction of sp³-hybridized carbons (Fsp3) is 0.360. The molecule has 2 N–H and O–H groups in total. The summed E-state index contributed by atoms with van der Waals surface area (Å²) in [6.45, 7) is 6.59. The standard InChI is InChI=1S/C25H30N2O4/c1-4-6-10-21-22(24(28)30-5-2)23(27-25(29)26-21)19-8-7-9-20(15-19)31-16-18-13-11-17(3)12-14-18/h7-9,11-15,23H,4-6,10,16H2,1-3H3,(H2,26,27,29). The van der Waals surface area contributed by atoms with Crippen LogP contribution in [0.25, 0.3) is 0 Å². The van der Waals surface area contributed by atoms with Gasteiger partial charge >= 0.3 is 12.0 Å².